The van der Waals surface area contributed by atoms with Crippen LogP contribution in [0.2, 0.25) is 0 Å². The van der Waals surface area contributed by atoms with E-state index >= 15 is 0 Å². The third-order valence-electron chi connectivity index (χ3n) is 8.02. The first-order valence-electron chi connectivity index (χ1n) is 14.2. The Morgan fingerprint density at radius 3 is 2.39 bits per heavy atom. The topological polar surface area (TPSA) is 87.9 Å². The second-order valence-electron chi connectivity index (χ2n) is 10.8. The highest BCUT2D eigenvalue weighted by molar-refractivity contribution is 5.83. The summed E-state index contributed by atoms with van der Waals surface area (Å²) in [5.41, 5.74) is 9.42. The summed E-state index contributed by atoms with van der Waals surface area (Å²) in [5.74, 6) is 2.04. The molecule has 2 aromatic carbocycles. The summed E-state index contributed by atoms with van der Waals surface area (Å²) in [7, 11) is 0. The third kappa shape index (κ3) is 5.02. The molecule has 0 radical (unpaired) electrons. The van der Waals surface area contributed by atoms with Gasteiger partial charge in [0.1, 0.15) is 11.5 Å². The van der Waals surface area contributed by atoms with Crippen molar-refractivity contribution in [2.45, 2.75) is 39.2 Å². The highest BCUT2D eigenvalue weighted by Gasteiger charge is 2.24. The van der Waals surface area contributed by atoms with E-state index in [-0.39, 0.29) is 0 Å². The molecule has 7 rings (SSSR count). The van der Waals surface area contributed by atoms with Crippen molar-refractivity contribution in [3.63, 3.8) is 0 Å². The average molecular weight is 541 g/mol. The number of aryl methyl sites for hydroxylation is 2. The van der Waals surface area contributed by atoms with Gasteiger partial charge in [0.2, 0.25) is 0 Å². The van der Waals surface area contributed by atoms with Gasteiger partial charge in [0.25, 0.3) is 0 Å². The number of benzene rings is 2. The van der Waals surface area contributed by atoms with Gasteiger partial charge in [-0.3, -0.25) is 15.0 Å². The first kappa shape index (κ1) is 25.3. The molecule has 204 valence electrons. The first-order valence-corrected chi connectivity index (χ1v) is 14.2. The Morgan fingerprint density at radius 2 is 1.63 bits per heavy atom. The number of nitrogens with zero attached hydrogens (tertiary/aromatic N) is 7. The number of hydrogen-bond acceptors (Lipinski definition) is 6. The van der Waals surface area contributed by atoms with Crippen LogP contribution in [0.4, 0.5) is 0 Å². The maximum Gasteiger partial charge on any atom is 0.199 e. The summed E-state index contributed by atoms with van der Waals surface area (Å²) in [6.07, 6.45) is 3.89. The van der Waals surface area contributed by atoms with Crippen molar-refractivity contribution >= 4 is 5.65 Å². The van der Waals surface area contributed by atoms with Crippen molar-refractivity contribution in [2.75, 3.05) is 13.1 Å². The number of nitrogens with one attached hydrogen (secondary N) is 1. The normalized spacial score (nSPS) is 14.6. The van der Waals surface area contributed by atoms with Crippen LogP contribution >= 0.6 is 0 Å². The second kappa shape index (κ2) is 10.7. The van der Waals surface area contributed by atoms with E-state index in [9.17, 15) is 0 Å². The predicted molar refractivity (Wildman–Crippen MR) is 160 cm³/mol. The summed E-state index contributed by atoms with van der Waals surface area (Å²) < 4.78 is 1.96. The Morgan fingerprint density at radius 1 is 0.854 bits per heavy atom. The van der Waals surface area contributed by atoms with E-state index in [2.05, 4.69) is 80.6 Å². The van der Waals surface area contributed by atoms with Crippen LogP contribution in [-0.4, -0.2) is 52.8 Å². The number of rotatable bonds is 6. The molecule has 1 N–H and O–H groups in total. The number of likely N-dealkylation sites (tertiary alicyclic amines) is 1. The predicted octanol–water partition coefficient (Wildman–Crippen LogP) is 6.24. The lowest BCUT2D eigenvalue weighted by molar-refractivity contribution is 0.202. The molecule has 5 heterocycles. The third-order valence-corrected chi connectivity index (χ3v) is 8.02. The van der Waals surface area contributed by atoms with Gasteiger partial charge in [-0.05, 0) is 63.0 Å². The molecule has 8 heteroatoms. The molecule has 1 fully saturated rings. The summed E-state index contributed by atoms with van der Waals surface area (Å²) in [6, 6.07) is 27.2. The Kier molecular flexibility index (Phi) is 6.60. The number of aromatic nitrogens is 7. The van der Waals surface area contributed by atoms with E-state index in [0.717, 1.165) is 83.4 Å². The smallest absolute Gasteiger partial charge is 0.199 e. The minimum Gasteiger partial charge on any atom is -0.299 e. The SMILES string of the molecule is Cc1cc2nc(-c3ccc(CN4CCC(c5nc(-c6ccccn6)n[nH]5)CC4)cc3)c(-c3ccccc3)c(C)n2n1. The molecule has 0 amide bonds. The number of H-pyrrole nitrogens is 1. The number of pyridine rings is 1. The minimum absolute atomic E-state index is 0.395. The zero-order valence-electron chi connectivity index (χ0n) is 23.3. The van der Waals surface area contributed by atoms with E-state index in [1.807, 2.05) is 41.8 Å². The highest BCUT2D eigenvalue weighted by Crippen LogP contribution is 2.34. The Balaban J connectivity index is 1.07. The van der Waals surface area contributed by atoms with Gasteiger partial charge >= 0.3 is 0 Å². The standard InChI is InChI=1S/C33H32N8/c1-22-20-29-35-31(30(23(2)41(29)39-22)25-8-4-3-5-9-25)26-13-11-24(12-14-26)21-40-18-15-27(16-19-40)32-36-33(38-37-32)28-10-6-7-17-34-28/h3-14,17,20,27H,15-16,18-19,21H2,1-2H3,(H,36,37,38). The Labute approximate surface area is 239 Å². The molecule has 1 aliphatic heterocycles. The number of hydrogen-bond donors (Lipinski definition) is 1. The van der Waals surface area contributed by atoms with E-state index in [0.29, 0.717) is 11.7 Å². The van der Waals surface area contributed by atoms with E-state index in [1.165, 1.54) is 5.56 Å². The first-order chi connectivity index (χ1) is 20.1. The van der Waals surface area contributed by atoms with Crippen LogP contribution in [0.5, 0.6) is 0 Å². The summed E-state index contributed by atoms with van der Waals surface area (Å²) in [5, 5.41) is 12.3. The van der Waals surface area contributed by atoms with Crippen LogP contribution in [-0.2, 0) is 6.54 Å². The van der Waals surface area contributed by atoms with Crippen molar-refractivity contribution in [2.24, 2.45) is 0 Å². The zero-order chi connectivity index (χ0) is 27.8. The Bertz CT molecular complexity index is 1780. The van der Waals surface area contributed by atoms with Gasteiger partial charge in [-0.2, -0.15) is 10.2 Å². The summed E-state index contributed by atoms with van der Waals surface area (Å²) in [4.78, 5) is 16.7. The molecule has 0 aliphatic carbocycles. The fourth-order valence-electron chi connectivity index (χ4n) is 5.88. The van der Waals surface area contributed by atoms with Crippen LogP contribution in [0.25, 0.3) is 39.5 Å². The Hall–Kier alpha value is -4.69. The average Bonchev–Trinajstić information content (AvgIpc) is 3.66. The van der Waals surface area contributed by atoms with Crippen LogP contribution in [0.3, 0.4) is 0 Å². The molecule has 0 bridgehead atoms. The van der Waals surface area contributed by atoms with Crippen molar-refractivity contribution < 1.29 is 0 Å². The van der Waals surface area contributed by atoms with Crippen LogP contribution in [0.15, 0.2) is 85.1 Å². The maximum atomic E-state index is 5.08. The summed E-state index contributed by atoms with van der Waals surface area (Å²) >= 11 is 0. The van der Waals surface area contributed by atoms with Gasteiger partial charge in [0.05, 0.1) is 17.1 Å². The molecule has 8 nitrogen and oxygen atoms in total. The van der Waals surface area contributed by atoms with Crippen molar-refractivity contribution in [1.29, 1.82) is 0 Å². The maximum absolute atomic E-state index is 5.08. The van der Waals surface area contributed by atoms with Gasteiger partial charge in [-0.1, -0.05) is 60.7 Å². The van der Waals surface area contributed by atoms with Crippen LogP contribution in [0.1, 0.15) is 41.5 Å². The molecular formula is C33H32N8. The lowest BCUT2D eigenvalue weighted by Crippen LogP contribution is -2.32. The quantitative estimate of drug-likeness (QED) is 0.269. The number of piperidine rings is 1. The van der Waals surface area contributed by atoms with Crippen LogP contribution in [0, 0.1) is 13.8 Å². The molecule has 6 aromatic rings. The minimum atomic E-state index is 0.395. The largest absolute Gasteiger partial charge is 0.299 e. The lowest BCUT2D eigenvalue weighted by Gasteiger charge is -2.31. The van der Waals surface area contributed by atoms with Crippen molar-refractivity contribution in [3.8, 4) is 33.9 Å². The van der Waals surface area contributed by atoms with E-state index < -0.39 is 0 Å². The van der Waals surface area contributed by atoms with E-state index in [1.54, 1.807) is 6.20 Å². The molecule has 1 aliphatic rings. The van der Waals surface area contributed by atoms with Gasteiger partial charge in [-0.15, -0.1) is 0 Å². The highest BCUT2D eigenvalue weighted by atomic mass is 15.3. The monoisotopic (exact) mass is 540 g/mol. The van der Waals surface area contributed by atoms with Gasteiger partial charge in [-0.25, -0.2) is 14.5 Å². The van der Waals surface area contributed by atoms with Crippen LogP contribution < -0.4 is 0 Å². The molecule has 4 aromatic heterocycles. The van der Waals surface area contributed by atoms with Gasteiger partial charge in [0.15, 0.2) is 11.5 Å². The fraction of sp³-hybridized carbons (Fsp3) is 0.242. The molecule has 41 heavy (non-hydrogen) atoms. The molecular weight excluding hydrogens is 508 g/mol. The van der Waals surface area contributed by atoms with Crippen molar-refractivity contribution in [1.82, 2.24) is 39.7 Å². The van der Waals surface area contributed by atoms with Gasteiger partial charge in [0, 0.05) is 35.9 Å². The second-order valence-corrected chi connectivity index (χ2v) is 10.8. The van der Waals surface area contributed by atoms with Crippen molar-refractivity contribution in [3.05, 3.63) is 108 Å². The zero-order valence-corrected chi connectivity index (χ0v) is 23.3. The number of fused-ring (bicyclic) bond motifs is 1. The molecule has 0 saturated carbocycles. The molecule has 0 spiro atoms. The van der Waals surface area contributed by atoms with E-state index in [4.69, 9.17) is 9.97 Å². The summed E-state index contributed by atoms with van der Waals surface area (Å²) in [6.45, 7) is 7.13. The van der Waals surface area contributed by atoms with Gasteiger partial charge < -0.3 is 0 Å². The molecule has 0 unspecified atom stereocenters. The fourth-order valence-corrected chi connectivity index (χ4v) is 5.88. The lowest BCUT2D eigenvalue weighted by atomic mass is 9.95. The molecule has 1 saturated heterocycles. The number of aromatic amines is 1. The molecule has 0 atom stereocenters.